The number of carbonyl (C=O) groups excluding carboxylic acids is 2. The van der Waals surface area contributed by atoms with E-state index in [1.807, 2.05) is 6.92 Å². The molecule has 0 aliphatic carbocycles. The van der Waals surface area contributed by atoms with Crippen LogP contribution in [0.25, 0.3) is 6.08 Å². The number of carboxylic acid groups (broad SMARTS) is 1. The molecule has 1 heterocycles. The standard InChI is InChI=1S/C30H25NO7S/c1-3-37-30(36)25-26(32)24(39-28(25)31-27(33)21-10-4-18(2)5-11-21)16-19-8-14-23(15-9-19)38-17-20-6-12-22(13-7-20)29(34)35/h4-16,32H,3,17H2,1-2H3,(H,34,35)/b24-16-,31-28?. The first-order chi connectivity index (χ1) is 18.7. The van der Waals surface area contributed by atoms with Crippen molar-refractivity contribution in [2.45, 2.75) is 20.5 Å². The second-order valence-corrected chi connectivity index (χ2v) is 9.53. The SMILES string of the molecule is CCOC(=O)C1=C(O)/C(=C/c2ccc(OCc3ccc(C(=O)O)cc3)cc2)SC1=NC(=O)c1ccc(C)cc1. The Morgan fingerprint density at radius 3 is 2.18 bits per heavy atom. The number of carbonyl (C=O) groups is 3. The summed E-state index contributed by atoms with van der Waals surface area (Å²) in [5.41, 5.74) is 2.95. The minimum Gasteiger partial charge on any atom is -0.506 e. The van der Waals surface area contributed by atoms with E-state index in [0.29, 0.717) is 16.2 Å². The van der Waals surface area contributed by atoms with Crippen molar-refractivity contribution >= 4 is 40.7 Å². The molecule has 1 amide bonds. The van der Waals surface area contributed by atoms with Gasteiger partial charge in [-0.2, -0.15) is 0 Å². The van der Waals surface area contributed by atoms with Crippen molar-refractivity contribution in [3.8, 4) is 5.75 Å². The van der Waals surface area contributed by atoms with E-state index in [1.165, 1.54) is 12.1 Å². The van der Waals surface area contributed by atoms with Crippen LogP contribution in [-0.2, 0) is 16.1 Å². The number of aliphatic hydroxyl groups excluding tert-OH is 1. The van der Waals surface area contributed by atoms with Crippen molar-refractivity contribution in [2.75, 3.05) is 6.61 Å². The quantitative estimate of drug-likeness (QED) is 0.333. The molecule has 1 aliphatic rings. The predicted octanol–water partition coefficient (Wildman–Crippen LogP) is 5.97. The third-order valence-electron chi connectivity index (χ3n) is 5.66. The van der Waals surface area contributed by atoms with Crippen molar-refractivity contribution in [3.05, 3.63) is 117 Å². The molecule has 0 aromatic heterocycles. The van der Waals surface area contributed by atoms with Gasteiger partial charge in [-0.05, 0) is 67.4 Å². The second kappa shape index (κ2) is 12.3. The molecule has 0 saturated heterocycles. The summed E-state index contributed by atoms with van der Waals surface area (Å²) in [5, 5.41) is 19.9. The first kappa shape index (κ1) is 27.4. The fourth-order valence-corrected chi connectivity index (χ4v) is 4.58. The van der Waals surface area contributed by atoms with Gasteiger partial charge >= 0.3 is 11.9 Å². The van der Waals surface area contributed by atoms with Crippen molar-refractivity contribution in [1.29, 1.82) is 0 Å². The number of hydrogen-bond acceptors (Lipinski definition) is 7. The highest BCUT2D eigenvalue weighted by molar-refractivity contribution is 8.18. The zero-order valence-electron chi connectivity index (χ0n) is 21.2. The van der Waals surface area contributed by atoms with Crippen molar-refractivity contribution in [1.82, 2.24) is 0 Å². The minimum atomic E-state index is -0.987. The highest BCUT2D eigenvalue weighted by Crippen LogP contribution is 2.39. The van der Waals surface area contributed by atoms with Crippen molar-refractivity contribution < 1.29 is 34.1 Å². The molecule has 0 atom stereocenters. The maximum Gasteiger partial charge on any atom is 0.344 e. The number of aliphatic hydroxyl groups is 1. The molecule has 0 saturated carbocycles. The zero-order valence-corrected chi connectivity index (χ0v) is 22.0. The molecule has 0 unspecified atom stereocenters. The number of aromatic carboxylic acids is 1. The van der Waals surface area contributed by atoms with Crippen LogP contribution in [0.5, 0.6) is 5.75 Å². The lowest BCUT2D eigenvalue weighted by Gasteiger charge is -2.07. The second-order valence-electron chi connectivity index (χ2n) is 8.50. The monoisotopic (exact) mass is 543 g/mol. The van der Waals surface area contributed by atoms with Crippen LogP contribution < -0.4 is 4.74 Å². The maximum absolute atomic E-state index is 12.7. The number of carboxylic acids is 1. The summed E-state index contributed by atoms with van der Waals surface area (Å²) < 4.78 is 10.9. The van der Waals surface area contributed by atoms with Gasteiger partial charge in [-0.3, -0.25) is 4.79 Å². The summed E-state index contributed by atoms with van der Waals surface area (Å²) in [7, 11) is 0. The Hall–Kier alpha value is -4.63. The molecule has 4 rings (SSSR count). The molecule has 0 bridgehead atoms. The molecule has 0 spiro atoms. The summed E-state index contributed by atoms with van der Waals surface area (Å²) in [6, 6.07) is 20.4. The fourth-order valence-electron chi connectivity index (χ4n) is 3.57. The van der Waals surface area contributed by atoms with Crippen LogP contribution in [0.2, 0.25) is 0 Å². The number of hydrogen-bond donors (Lipinski definition) is 2. The van der Waals surface area contributed by atoms with Gasteiger partial charge in [0.2, 0.25) is 0 Å². The van der Waals surface area contributed by atoms with Gasteiger partial charge in [0.1, 0.15) is 28.7 Å². The lowest BCUT2D eigenvalue weighted by atomic mass is 10.1. The van der Waals surface area contributed by atoms with E-state index in [2.05, 4.69) is 4.99 Å². The Kier molecular flexibility index (Phi) is 8.63. The van der Waals surface area contributed by atoms with Crippen LogP contribution in [0.15, 0.2) is 94.0 Å². The number of thioether (sulfide) groups is 1. The van der Waals surface area contributed by atoms with Gasteiger partial charge in [0.15, 0.2) is 0 Å². The largest absolute Gasteiger partial charge is 0.506 e. The van der Waals surface area contributed by atoms with E-state index in [1.54, 1.807) is 73.7 Å². The average molecular weight is 544 g/mol. The van der Waals surface area contributed by atoms with Gasteiger partial charge in [-0.1, -0.05) is 53.7 Å². The molecule has 3 aromatic rings. The van der Waals surface area contributed by atoms with Gasteiger partial charge in [0.25, 0.3) is 5.91 Å². The highest BCUT2D eigenvalue weighted by Gasteiger charge is 2.34. The van der Waals surface area contributed by atoms with E-state index in [-0.39, 0.29) is 35.2 Å². The summed E-state index contributed by atoms with van der Waals surface area (Å²) >= 11 is 1.01. The van der Waals surface area contributed by atoms with Crippen LogP contribution in [0, 0.1) is 6.92 Å². The molecular weight excluding hydrogens is 518 g/mol. The van der Waals surface area contributed by atoms with Gasteiger partial charge in [-0.15, -0.1) is 0 Å². The van der Waals surface area contributed by atoms with Crippen LogP contribution in [0.4, 0.5) is 0 Å². The normalized spacial score (nSPS) is 15.0. The summed E-state index contributed by atoms with van der Waals surface area (Å²) in [6.45, 7) is 3.92. The highest BCUT2D eigenvalue weighted by atomic mass is 32.2. The number of esters is 1. The van der Waals surface area contributed by atoms with Crippen LogP contribution in [0.1, 0.15) is 44.3 Å². The van der Waals surface area contributed by atoms with Crippen LogP contribution in [-0.4, -0.2) is 39.7 Å². The third-order valence-corrected chi connectivity index (χ3v) is 6.68. The Balaban J connectivity index is 1.51. The Morgan fingerprint density at radius 1 is 0.923 bits per heavy atom. The smallest absolute Gasteiger partial charge is 0.344 e. The van der Waals surface area contributed by atoms with E-state index < -0.39 is 17.8 Å². The molecule has 9 heteroatoms. The Labute approximate surface area is 229 Å². The van der Waals surface area contributed by atoms with Gasteiger partial charge in [-0.25, -0.2) is 14.6 Å². The molecule has 0 fully saturated rings. The summed E-state index contributed by atoms with van der Waals surface area (Å²) in [4.78, 5) is 40.8. The number of aliphatic imine (C=N–C) groups is 1. The number of amides is 1. The van der Waals surface area contributed by atoms with E-state index in [0.717, 1.165) is 28.5 Å². The Morgan fingerprint density at radius 2 is 1.56 bits per heavy atom. The fraction of sp³-hybridized carbons (Fsp3) is 0.133. The molecule has 3 aromatic carbocycles. The van der Waals surface area contributed by atoms with E-state index >= 15 is 0 Å². The van der Waals surface area contributed by atoms with Gasteiger partial charge in [0, 0.05) is 5.56 Å². The van der Waals surface area contributed by atoms with Crippen molar-refractivity contribution in [2.24, 2.45) is 4.99 Å². The number of ether oxygens (including phenoxy) is 2. The number of benzene rings is 3. The zero-order chi connectivity index (χ0) is 27.9. The summed E-state index contributed by atoms with van der Waals surface area (Å²) in [5.74, 6) is -2.00. The summed E-state index contributed by atoms with van der Waals surface area (Å²) in [6.07, 6.45) is 1.67. The number of rotatable bonds is 8. The molecule has 198 valence electrons. The van der Waals surface area contributed by atoms with Crippen LogP contribution >= 0.6 is 11.8 Å². The average Bonchev–Trinajstić information content (AvgIpc) is 3.23. The van der Waals surface area contributed by atoms with Gasteiger partial charge in [0.05, 0.1) is 17.1 Å². The molecule has 2 N–H and O–H groups in total. The maximum atomic E-state index is 12.7. The number of aryl methyl sites for hydroxylation is 1. The molecule has 39 heavy (non-hydrogen) atoms. The molecule has 8 nitrogen and oxygen atoms in total. The first-order valence-corrected chi connectivity index (χ1v) is 12.8. The van der Waals surface area contributed by atoms with E-state index in [9.17, 15) is 19.5 Å². The van der Waals surface area contributed by atoms with Crippen LogP contribution in [0.3, 0.4) is 0 Å². The Bertz CT molecular complexity index is 1490. The molecule has 1 aliphatic heterocycles. The minimum absolute atomic E-state index is 0.0663. The first-order valence-electron chi connectivity index (χ1n) is 12.0. The molecular formula is C30H25NO7S. The predicted molar refractivity (Wildman–Crippen MR) is 149 cm³/mol. The van der Waals surface area contributed by atoms with Crippen molar-refractivity contribution in [3.63, 3.8) is 0 Å². The topological polar surface area (TPSA) is 122 Å². The van der Waals surface area contributed by atoms with Gasteiger partial charge < -0.3 is 19.7 Å². The third kappa shape index (κ3) is 6.82. The number of nitrogens with zero attached hydrogens (tertiary/aromatic N) is 1. The lowest BCUT2D eigenvalue weighted by Crippen LogP contribution is -2.14. The molecule has 0 radical (unpaired) electrons. The van der Waals surface area contributed by atoms with E-state index in [4.69, 9.17) is 14.6 Å². The lowest BCUT2D eigenvalue weighted by molar-refractivity contribution is -0.138.